The van der Waals surface area contributed by atoms with Crippen LogP contribution in [-0.2, 0) is 26.2 Å². The van der Waals surface area contributed by atoms with Crippen molar-refractivity contribution in [1.29, 1.82) is 0 Å². The van der Waals surface area contributed by atoms with Crippen molar-refractivity contribution in [2.24, 2.45) is 0 Å². The molecule has 8 nitrogen and oxygen atoms in total. The zero-order chi connectivity index (χ0) is 29.4. The van der Waals surface area contributed by atoms with E-state index in [0.717, 1.165) is 35.6 Å². The van der Waals surface area contributed by atoms with Crippen molar-refractivity contribution in [2.45, 2.75) is 62.6 Å². The molecular formula is C31H36ClN3O5S. The molecule has 1 aliphatic rings. The van der Waals surface area contributed by atoms with Crippen molar-refractivity contribution in [3.05, 3.63) is 89.4 Å². The van der Waals surface area contributed by atoms with Crippen LogP contribution in [0.3, 0.4) is 0 Å². The average Bonchev–Trinajstić information content (AvgIpc) is 3.49. The first kappa shape index (κ1) is 30.4. The van der Waals surface area contributed by atoms with Crippen LogP contribution in [0.4, 0.5) is 5.69 Å². The highest BCUT2D eigenvalue weighted by Gasteiger charge is 2.35. The maximum atomic E-state index is 14.2. The fraction of sp³-hybridized carbons (Fsp3) is 0.355. The summed E-state index contributed by atoms with van der Waals surface area (Å²) in [5.74, 6) is -0.521. The minimum atomic E-state index is -4.23. The molecule has 1 saturated carbocycles. The zero-order valence-electron chi connectivity index (χ0n) is 23.3. The van der Waals surface area contributed by atoms with Gasteiger partial charge in [-0.15, -0.1) is 0 Å². The Balaban J connectivity index is 1.74. The normalized spacial score (nSPS) is 14.3. The third kappa shape index (κ3) is 7.40. The van der Waals surface area contributed by atoms with Gasteiger partial charge in [0, 0.05) is 17.6 Å². The molecule has 0 unspecified atom stereocenters. The Morgan fingerprint density at radius 2 is 1.63 bits per heavy atom. The summed E-state index contributed by atoms with van der Waals surface area (Å²) in [5, 5.41) is 3.40. The lowest BCUT2D eigenvalue weighted by Gasteiger charge is -2.34. The first-order valence-corrected chi connectivity index (χ1v) is 15.6. The standard InChI is InChI=1S/C31H36ClN3O5S/c1-3-27(31(37)33-25-14-10-11-15-25)34(21-23-12-6-4-7-13-23)30(36)22-35(28-20-24(32)18-19-29(28)40-2)41(38,39)26-16-8-5-9-17-26/h4-9,12-13,16-20,25,27H,3,10-11,14-15,21-22H2,1-2H3,(H,33,37)/t27-/m1/s1. The van der Waals surface area contributed by atoms with E-state index < -0.39 is 28.5 Å². The molecule has 0 saturated heterocycles. The van der Waals surface area contributed by atoms with Gasteiger partial charge in [-0.05, 0) is 55.2 Å². The van der Waals surface area contributed by atoms with E-state index in [2.05, 4.69) is 5.32 Å². The molecule has 4 rings (SSSR count). The molecule has 0 bridgehead atoms. The van der Waals surface area contributed by atoms with Crippen molar-refractivity contribution in [2.75, 3.05) is 18.0 Å². The molecule has 0 heterocycles. The molecule has 0 radical (unpaired) electrons. The van der Waals surface area contributed by atoms with E-state index in [1.165, 1.54) is 30.2 Å². The molecule has 0 spiro atoms. The number of carbonyl (C=O) groups excluding carboxylic acids is 2. The molecule has 3 aromatic rings. The van der Waals surface area contributed by atoms with Crippen LogP contribution in [0.1, 0.15) is 44.6 Å². The fourth-order valence-corrected chi connectivity index (χ4v) is 6.76. The monoisotopic (exact) mass is 597 g/mol. The molecule has 1 aliphatic carbocycles. The van der Waals surface area contributed by atoms with Gasteiger partial charge in [-0.3, -0.25) is 13.9 Å². The molecule has 2 amide bonds. The van der Waals surface area contributed by atoms with Crippen LogP contribution in [0, 0.1) is 0 Å². The fourth-order valence-electron chi connectivity index (χ4n) is 5.16. The summed E-state index contributed by atoms with van der Waals surface area (Å²) in [7, 11) is -2.81. The first-order chi connectivity index (χ1) is 19.7. The molecule has 10 heteroatoms. The van der Waals surface area contributed by atoms with Crippen LogP contribution in [0.15, 0.2) is 83.8 Å². The minimum absolute atomic E-state index is 0.00968. The van der Waals surface area contributed by atoms with Crippen LogP contribution >= 0.6 is 11.6 Å². The van der Waals surface area contributed by atoms with Gasteiger partial charge in [0.2, 0.25) is 11.8 Å². The van der Waals surface area contributed by atoms with E-state index in [-0.39, 0.29) is 39.8 Å². The number of methoxy groups -OCH3 is 1. The second kappa shape index (κ2) is 13.9. The number of benzene rings is 3. The summed E-state index contributed by atoms with van der Waals surface area (Å²) >= 11 is 6.29. The number of carbonyl (C=O) groups is 2. The summed E-state index contributed by atoms with van der Waals surface area (Å²) in [5.41, 5.74) is 0.950. The minimum Gasteiger partial charge on any atom is -0.495 e. The molecule has 218 valence electrons. The van der Waals surface area contributed by atoms with Gasteiger partial charge in [-0.1, -0.05) is 79.9 Å². The van der Waals surface area contributed by atoms with Gasteiger partial charge in [0.15, 0.2) is 0 Å². The van der Waals surface area contributed by atoms with Gasteiger partial charge in [0.25, 0.3) is 10.0 Å². The van der Waals surface area contributed by atoms with Crippen LogP contribution < -0.4 is 14.4 Å². The van der Waals surface area contributed by atoms with Crippen molar-refractivity contribution < 1.29 is 22.7 Å². The van der Waals surface area contributed by atoms with E-state index in [0.29, 0.717) is 6.42 Å². The number of halogens is 1. The Kier molecular flexibility index (Phi) is 10.3. The van der Waals surface area contributed by atoms with Gasteiger partial charge in [0.05, 0.1) is 17.7 Å². The smallest absolute Gasteiger partial charge is 0.264 e. The number of hydrogen-bond donors (Lipinski definition) is 1. The predicted octanol–water partition coefficient (Wildman–Crippen LogP) is 5.41. The van der Waals surface area contributed by atoms with Gasteiger partial charge in [0.1, 0.15) is 18.3 Å². The average molecular weight is 598 g/mol. The van der Waals surface area contributed by atoms with Crippen LogP contribution in [-0.4, -0.2) is 50.9 Å². The SMILES string of the molecule is CC[C@H](C(=O)NC1CCCC1)N(Cc1ccccc1)C(=O)CN(c1cc(Cl)ccc1OC)S(=O)(=O)c1ccccc1. The largest absolute Gasteiger partial charge is 0.495 e. The molecule has 3 aromatic carbocycles. The van der Waals surface area contributed by atoms with Gasteiger partial charge in [-0.2, -0.15) is 0 Å². The van der Waals surface area contributed by atoms with Gasteiger partial charge >= 0.3 is 0 Å². The molecular weight excluding hydrogens is 562 g/mol. The molecule has 1 atom stereocenters. The Morgan fingerprint density at radius 3 is 2.24 bits per heavy atom. The van der Waals surface area contributed by atoms with E-state index >= 15 is 0 Å². The Morgan fingerprint density at radius 1 is 1.00 bits per heavy atom. The third-order valence-electron chi connectivity index (χ3n) is 7.30. The summed E-state index contributed by atoms with van der Waals surface area (Å²) in [4.78, 5) is 29.2. The summed E-state index contributed by atoms with van der Waals surface area (Å²) in [6.45, 7) is 1.43. The lowest BCUT2D eigenvalue weighted by Crippen LogP contribution is -2.53. The molecule has 1 N–H and O–H groups in total. The molecule has 1 fully saturated rings. The Hall–Kier alpha value is -3.56. The highest BCUT2D eigenvalue weighted by molar-refractivity contribution is 7.92. The van der Waals surface area contributed by atoms with Crippen LogP contribution in [0.2, 0.25) is 5.02 Å². The predicted molar refractivity (Wildman–Crippen MR) is 160 cm³/mol. The van der Waals surface area contributed by atoms with Crippen LogP contribution in [0.5, 0.6) is 5.75 Å². The first-order valence-electron chi connectivity index (χ1n) is 13.8. The molecule has 0 aromatic heterocycles. The summed E-state index contributed by atoms with van der Waals surface area (Å²) < 4.78 is 34.5. The lowest BCUT2D eigenvalue weighted by atomic mass is 10.1. The number of sulfonamides is 1. The maximum Gasteiger partial charge on any atom is 0.264 e. The van der Waals surface area contributed by atoms with Crippen molar-refractivity contribution >= 4 is 39.1 Å². The van der Waals surface area contributed by atoms with E-state index in [1.54, 1.807) is 30.3 Å². The van der Waals surface area contributed by atoms with E-state index in [1.807, 2.05) is 37.3 Å². The molecule has 0 aliphatic heterocycles. The number of nitrogens with one attached hydrogen (secondary N) is 1. The number of rotatable bonds is 12. The highest BCUT2D eigenvalue weighted by atomic mass is 35.5. The van der Waals surface area contributed by atoms with Gasteiger partial charge < -0.3 is 15.0 Å². The van der Waals surface area contributed by atoms with Gasteiger partial charge in [-0.25, -0.2) is 8.42 Å². The van der Waals surface area contributed by atoms with Crippen molar-refractivity contribution in [1.82, 2.24) is 10.2 Å². The summed E-state index contributed by atoms with van der Waals surface area (Å²) in [6, 6.07) is 21.1. The number of amides is 2. The second-order valence-corrected chi connectivity index (χ2v) is 12.4. The zero-order valence-corrected chi connectivity index (χ0v) is 24.9. The Labute approximate surface area is 247 Å². The highest BCUT2D eigenvalue weighted by Crippen LogP contribution is 2.35. The maximum absolute atomic E-state index is 14.2. The van der Waals surface area contributed by atoms with E-state index in [4.69, 9.17) is 16.3 Å². The van der Waals surface area contributed by atoms with Crippen LogP contribution in [0.25, 0.3) is 0 Å². The number of hydrogen-bond acceptors (Lipinski definition) is 5. The number of anilines is 1. The molecule has 41 heavy (non-hydrogen) atoms. The lowest BCUT2D eigenvalue weighted by molar-refractivity contribution is -0.140. The number of ether oxygens (including phenoxy) is 1. The van der Waals surface area contributed by atoms with Crippen molar-refractivity contribution in [3.8, 4) is 5.75 Å². The van der Waals surface area contributed by atoms with E-state index in [9.17, 15) is 18.0 Å². The van der Waals surface area contributed by atoms with Crippen molar-refractivity contribution in [3.63, 3.8) is 0 Å². The second-order valence-electron chi connectivity index (χ2n) is 10.1. The topological polar surface area (TPSA) is 96.0 Å². The third-order valence-corrected chi connectivity index (χ3v) is 9.31. The summed E-state index contributed by atoms with van der Waals surface area (Å²) in [6.07, 6.45) is 4.30. The number of nitrogens with zero attached hydrogens (tertiary/aromatic N) is 2. The Bertz CT molecular complexity index is 1430. The quantitative estimate of drug-likeness (QED) is 0.301.